The van der Waals surface area contributed by atoms with E-state index in [4.69, 9.17) is 4.74 Å². The molecule has 0 spiro atoms. The topological polar surface area (TPSA) is 58.6 Å². The maximum Gasteiger partial charge on any atom is 0.471 e. The van der Waals surface area contributed by atoms with E-state index in [0.29, 0.717) is 29.2 Å². The summed E-state index contributed by atoms with van der Waals surface area (Å²) in [5.74, 6) is -2.24. The van der Waals surface area contributed by atoms with Crippen LogP contribution in [0.15, 0.2) is 24.3 Å². The van der Waals surface area contributed by atoms with Crippen LogP contribution < -0.4 is 5.32 Å². The normalized spacial score (nSPS) is 12.6. The molecule has 1 atom stereocenters. The van der Waals surface area contributed by atoms with Gasteiger partial charge in [-0.1, -0.05) is 19.1 Å². The molecule has 134 valence electrons. The van der Waals surface area contributed by atoms with Crippen molar-refractivity contribution in [3.8, 4) is 0 Å². The molecule has 0 aliphatic rings. The predicted molar refractivity (Wildman–Crippen MR) is 83.3 cm³/mol. The minimum absolute atomic E-state index is 0.218. The highest BCUT2D eigenvalue weighted by Crippen LogP contribution is 2.20. The van der Waals surface area contributed by atoms with E-state index in [1.807, 2.05) is 6.92 Å². The van der Waals surface area contributed by atoms with Crippen LogP contribution >= 0.6 is 0 Å². The summed E-state index contributed by atoms with van der Waals surface area (Å²) in [5.41, 5.74) is 0.904. The fraction of sp³-hybridized carbons (Fsp3) is 0.500. The number of amides is 2. The zero-order chi connectivity index (χ0) is 18.3. The van der Waals surface area contributed by atoms with Crippen LogP contribution in [-0.4, -0.2) is 42.6 Å². The third-order valence-corrected chi connectivity index (χ3v) is 3.23. The number of alkyl halides is 3. The lowest BCUT2D eigenvalue weighted by Crippen LogP contribution is -2.37. The van der Waals surface area contributed by atoms with E-state index in [0.717, 1.165) is 7.05 Å². The highest BCUT2D eigenvalue weighted by atomic mass is 19.4. The van der Waals surface area contributed by atoms with Crippen LogP contribution in [0.2, 0.25) is 0 Å². The summed E-state index contributed by atoms with van der Waals surface area (Å²) in [6.07, 6.45) is -5.00. The number of nitrogens with zero attached hydrogens (tertiary/aromatic N) is 1. The van der Waals surface area contributed by atoms with Crippen molar-refractivity contribution in [2.24, 2.45) is 0 Å². The second-order valence-corrected chi connectivity index (χ2v) is 5.20. The monoisotopic (exact) mass is 346 g/mol. The van der Waals surface area contributed by atoms with Crippen LogP contribution in [0, 0.1) is 0 Å². The molecule has 0 fully saturated rings. The van der Waals surface area contributed by atoms with Gasteiger partial charge in [0.2, 0.25) is 0 Å². The third kappa shape index (κ3) is 5.84. The van der Waals surface area contributed by atoms with Crippen LogP contribution in [0.5, 0.6) is 0 Å². The molecule has 24 heavy (non-hydrogen) atoms. The number of nitrogens with one attached hydrogen (secondary N) is 1. The van der Waals surface area contributed by atoms with Crippen molar-refractivity contribution in [1.29, 1.82) is 0 Å². The molecule has 0 saturated heterocycles. The van der Waals surface area contributed by atoms with Gasteiger partial charge in [0.25, 0.3) is 5.91 Å². The zero-order valence-electron chi connectivity index (χ0n) is 13.8. The van der Waals surface area contributed by atoms with Gasteiger partial charge in [-0.15, -0.1) is 0 Å². The average Bonchev–Trinajstić information content (AvgIpc) is 2.51. The Bertz CT molecular complexity index is 576. The van der Waals surface area contributed by atoms with E-state index in [9.17, 15) is 22.8 Å². The minimum atomic E-state index is -4.91. The quantitative estimate of drug-likeness (QED) is 0.826. The SMILES string of the molecule is CCO[C@H](CC)C(=O)Nc1cccc(CN(C)C(=O)C(F)(F)F)c1. The Labute approximate surface area is 138 Å². The highest BCUT2D eigenvalue weighted by molar-refractivity contribution is 5.94. The Morgan fingerprint density at radius 3 is 2.50 bits per heavy atom. The van der Waals surface area contributed by atoms with Gasteiger partial charge >= 0.3 is 12.1 Å². The molecule has 0 aliphatic carbocycles. The molecule has 1 aromatic carbocycles. The summed E-state index contributed by atoms with van der Waals surface area (Å²) < 4.78 is 42.5. The lowest BCUT2D eigenvalue weighted by molar-refractivity contribution is -0.184. The van der Waals surface area contributed by atoms with Gasteiger partial charge in [-0.25, -0.2) is 0 Å². The zero-order valence-corrected chi connectivity index (χ0v) is 13.8. The Morgan fingerprint density at radius 2 is 1.96 bits per heavy atom. The first-order valence-electron chi connectivity index (χ1n) is 7.52. The molecule has 0 heterocycles. The second kappa shape index (κ2) is 8.68. The van der Waals surface area contributed by atoms with E-state index in [-0.39, 0.29) is 12.5 Å². The highest BCUT2D eigenvalue weighted by Gasteiger charge is 2.41. The van der Waals surface area contributed by atoms with Crippen LogP contribution in [0.1, 0.15) is 25.8 Å². The first kappa shape index (κ1) is 20.0. The molecule has 0 aromatic heterocycles. The van der Waals surface area contributed by atoms with Crippen LogP contribution in [0.25, 0.3) is 0 Å². The standard InChI is InChI=1S/C16H21F3N2O3/c1-4-13(24-5-2)14(22)20-12-8-6-7-11(9-12)10-21(3)15(23)16(17,18)19/h6-9,13H,4-5,10H2,1-3H3,(H,20,22)/t13-/m1/s1. The Hall–Kier alpha value is -2.09. The van der Waals surface area contributed by atoms with E-state index in [1.165, 1.54) is 6.07 Å². The molecule has 1 N–H and O–H groups in total. The van der Waals surface area contributed by atoms with Gasteiger partial charge in [0.1, 0.15) is 6.10 Å². The first-order valence-corrected chi connectivity index (χ1v) is 7.52. The lowest BCUT2D eigenvalue weighted by Gasteiger charge is -2.19. The maximum atomic E-state index is 12.4. The third-order valence-electron chi connectivity index (χ3n) is 3.23. The van der Waals surface area contributed by atoms with Gasteiger partial charge in [0, 0.05) is 25.9 Å². The van der Waals surface area contributed by atoms with Crippen molar-refractivity contribution in [3.63, 3.8) is 0 Å². The van der Waals surface area contributed by atoms with Gasteiger partial charge in [-0.3, -0.25) is 9.59 Å². The molecule has 1 aromatic rings. The van der Waals surface area contributed by atoms with Crippen LogP contribution in [0.3, 0.4) is 0 Å². The summed E-state index contributed by atoms with van der Waals surface area (Å²) in [6, 6.07) is 6.32. The number of rotatable bonds is 7. The number of benzene rings is 1. The van der Waals surface area contributed by atoms with E-state index >= 15 is 0 Å². The molecule has 0 bridgehead atoms. The fourth-order valence-electron chi connectivity index (χ4n) is 2.11. The van der Waals surface area contributed by atoms with Crippen molar-refractivity contribution in [1.82, 2.24) is 4.90 Å². The van der Waals surface area contributed by atoms with Gasteiger partial charge in [-0.2, -0.15) is 13.2 Å². The first-order chi connectivity index (χ1) is 11.2. The van der Waals surface area contributed by atoms with Crippen molar-refractivity contribution in [2.75, 3.05) is 19.0 Å². The molecule has 5 nitrogen and oxygen atoms in total. The van der Waals surface area contributed by atoms with Crippen LogP contribution in [0.4, 0.5) is 18.9 Å². The number of hydrogen-bond acceptors (Lipinski definition) is 3. The molecule has 1 rings (SSSR count). The minimum Gasteiger partial charge on any atom is -0.369 e. The summed E-state index contributed by atoms with van der Waals surface area (Å²) in [5, 5.41) is 2.66. The van der Waals surface area contributed by atoms with Gasteiger partial charge < -0.3 is 15.0 Å². The molecule has 8 heteroatoms. The smallest absolute Gasteiger partial charge is 0.369 e. The molecule has 0 radical (unpaired) electrons. The van der Waals surface area contributed by atoms with Crippen molar-refractivity contribution in [2.45, 2.75) is 39.1 Å². The lowest BCUT2D eigenvalue weighted by atomic mass is 10.1. The Balaban J connectivity index is 2.77. The summed E-state index contributed by atoms with van der Waals surface area (Å²) in [4.78, 5) is 23.8. The average molecular weight is 346 g/mol. The maximum absolute atomic E-state index is 12.4. The van der Waals surface area contributed by atoms with Crippen molar-refractivity contribution >= 4 is 17.5 Å². The number of carbonyl (C=O) groups excluding carboxylic acids is 2. The van der Waals surface area contributed by atoms with E-state index < -0.39 is 18.2 Å². The molecule has 0 unspecified atom stereocenters. The summed E-state index contributed by atoms with van der Waals surface area (Å²) in [6.45, 7) is 3.78. The number of anilines is 1. The largest absolute Gasteiger partial charge is 0.471 e. The molecular formula is C16H21F3N2O3. The second-order valence-electron chi connectivity index (χ2n) is 5.20. The molecular weight excluding hydrogens is 325 g/mol. The van der Waals surface area contributed by atoms with E-state index in [1.54, 1.807) is 25.1 Å². The molecule has 0 aliphatic heterocycles. The Kier molecular flexibility index (Phi) is 7.21. The van der Waals surface area contributed by atoms with Crippen molar-refractivity contribution < 1.29 is 27.5 Å². The Morgan fingerprint density at radius 1 is 1.29 bits per heavy atom. The number of hydrogen-bond donors (Lipinski definition) is 1. The van der Waals surface area contributed by atoms with E-state index in [2.05, 4.69) is 5.32 Å². The van der Waals surface area contributed by atoms with Gasteiger partial charge in [-0.05, 0) is 31.0 Å². The van der Waals surface area contributed by atoms with Gasteiger partial charge in [0.15, 0.2) is 0 Å². The summed E-state index contributed by atoms with van der Waals surface area (Å²) >= 11 is 0. The predicted octanol–water partition coefficient (Wildman–Crippen LogP) is 2.96. The number of halogens is 3. The van der Waals surface area contributed by atoms with Crippen LogP contribution in [-0.2, 0) is 20.9 Å². The number of carbonyl (C=O) groups is 2. The molecule has 0 saturated carbocycles. The number of ether oxygens (including phenoxy) is 1. The fourth-order valence-corrected chi connectivity index (χ4v) is 2.11. The summed E-state index contributed by atoms with van der Waals surface area (Å²) in [7, 11) is 1.07. The van der Waals surface area contributed by atoms with Crippen molar-refractivity contribution in [3.05, 3.63) is 29.8 Å². The molecule has 2 amide bonds. The van der Waals surface area contributed by atoms with Gasteiger partial charge in [0.05, 0.1) is 0 Å².